The maximum Gasteiger partial charge on any atom is 0.191 e. The second-order valence-corrected chi connectivity index (χ2v) is 5.91. The van der Waals surface area contributed by atoms with E-state index in [1.165, 1.54) is 17.1 Å². The molecule has 2 rings (SSSR count). The smallest absolute Gasteiger partial charge is 0.191 e. The predicted molar refractivity (Wildman–Crippen MR) is 89.8 cm³/mol. The molecule has 2 aromatic rings. The van der Waals surface area contributed by atoms with Crippen LogP contribution in [0.5, 0.6) is 0 Å². The third kappa shape index (κ3) is 5.44. The van der Waals surface area contributed by atoms with Crippen LogP contribution in [0.1, 0.15) is 22.7 Å². The van der Waals surface area contributed by atoms with Gasteiger partial charge in [-0.3, -0.25) is 4.99 Å². The summed E-state index contributed by atoms with van der Waals surface area (Å²) in [6, 6.07) is 6.45. The van der Waals surface area contributed by atoms with Crippen molar-refractivity contribution in [3.63, 3.8) is 0 Å². The van der Waals surface area contributed by atoms with Crippen molar-refractivity contribution in [2.75, 3.05) is 13.6 Å². The molecule has 0 aliphatic carbocycles. The van der Waals surface area contributed by atoms with Gasteiger partial charge in [0.25, 0.3) is 0 Å². The molecule has 1 heterocycles. The van der Waals surface area contributed by atoms with E-state index in [1.807, 2.05) is 6.92 Å². The monoisotopic (exact) mass is 320 g/mol. The van der Waals surface area contributed by atoms with Crippen LogP contribution < -0.4 is 10.6 Å². The average Bonchev–Trinajstić information content (AvgIpc) is 2.94. The van der Waals surface area contributed by atoms with E-state index in [9.17, 15) is 4.39 Å². The van der Waals surface area contributed by atoms with E-state index in [2.05, 4.69) is 26.0 Å². The average molecular weight is 320 g/mol. The van der Waals surface area contributed by atoms with Gasteiger partial charge in [-0.05, 0) is 31.0 Å². The Morgan fingerprint density at radius 3 is 2.68 bits per heavy atom. The van der Waals surface area contributed by atoms with Crippen molar-refractivity contribution < 1.29 is 4.39 Å². The van der Waals surface area contributed by atoms with Crippen molar-refractivity contribution in [1.29, 1.82) is 0 Å². The molecule has 0 bridgehead atoms. The highest BCUT2D eigenvalue weighted by Gasteiger charge is 2.01. The molecule has 0 atom stereocenters. The Kier molecular flexibility index (Phi) is 6.33. The summed E-state index contributed by atoms with van der Waals surface area (Å²) in [7, 11) is 1.74. The van der Waals surface area contributed by atoms with Crippen molar-refractivity contribution in [2.24, 2.45) is 4.99 Å². The molecular weight excluding hydrogens is 299 g/mol. The van der Waals surface area contributed by atoms with Gasteiger partial charge in [-0.25, -0.2) is 9.37 Å². The van der Waals surface area contributed by atoms with Crippen LogP contribution in [-0.2, 0) is 13.0 Å². The highest BCUT2D eigenvalue weighted by atomic mass is 32.1. The van der Waals surface area contributed by atoms with E-state index in [-0.39, 0.29) is 5.82 Å². The van der Waals surface area contributed by atoms with Gasteiger partial charge in [0.1, 0.15) is 5.82 Å². The van der Waals surface area contributed by atoms with Crippen LogP contribution in [-0.4, -0.2) is 24.5 Å². The molecule has 1 aromatic carbocycles. The summed E-state index contributed by atoms with van der Waals surface area (Å²) in [5.41, 5.74) is 2.10. The zero-order valence-corrected chi connectivity index (χ0v) is 13.7. The van der Waals surface area contributed by atoms with Crippen LogP contribution in [0, 0.1) is 12.7 Å². The van der Waals surface area contributed by atoms with E-state index >= 15 is 0 Å². The molecule has 0 saturated carbocycles. The Morgan fingerprint density at radius 2 is 2.05 bits per heavy atom. The maximum atomic E-state index is 12.8. The Labute approximate surface area is 134 Å². The summed E-state index contributed by atoms with van der Waals surface area (Å²) >= 11 is 1.71. The van der Waals surface area contributed by atoms with Crippen LogP contribution >= 0.6 is 11.3 Å². The first-order valence-corrected chi connectivity index (χ1v) is 8.15. The minimum atomic E-state index is -0.219. The highest BCUT2D eigenvalue weighted by Crippen LogP contribution is 2.10. The van der Waals surface area contributed by atoms with Crippen molar-refractivity contribution in [2.45, 2.75) is 26.3 Å². The summed E-state index contributed by atoms with van der Waals surface area (Å²) in [6.45, 7) is 3.47. The van der Waals surface area contributed by atoms with Crippen molar-refractivity contribution in [3.8, 4) is 0 Å². The lowest BCUT2D eigenvalue weighted by atomic mass is 10.2. The first-order chi connectivity index (χ1) is 10.7. The fourth-order valence-electron chi connectivity index (χ4n) is 1.97. The van der Waals surface area contributed by atoms with Gasteiger partial charge in [0, 0.05) is 37.6 Å². The number of aromatic nitrogens is 1. The van der Waals surface area contributed by atoms with Crippen molar-refractivity contribution in [3.05, 3.63) is 51.7 Å². The number of hydrogen-bond acceptors (Lipinski definition) is 3. The Bertz CT molecular complexity index is 607. The van der Waals surface area contributed by atoms with Crippen LogP contribution in [0.25, 0.3) is 0 Å². The molecule has 22 heavy (non-hydrogen) atoms. The number of guanidine groups is 1. The minimum Gasteiger partial charge on any atom is -0.356 e. The van der Waals surface area contributed by atoms with Crippen molar-refractivity contribution in [1.82, 2.24) is 15.6 Å². The standard InChI is InChI=1S/C16H21FN4S/c1-12-11-22-15(21-12)4-3-9-19-16(18-2)20-10-13-5-7-14(17)8-6-13/h5-8,11H,3-4,9-10H2,1-2H3,(H2,18,19,20). The minimum absolute atomic E-state index is 0.219. The molecule has 4 nitrogen and oxygen atoms in total. The van der Waals surface area contributed by atoms with Gasteiger partial charge in [-0.15, -0.1) is 11.3 Å². The zero-order valence-electron chi connectivity index (χ0n) is 12.9. The summed E-state index contributed by atoms with van der Waals surface area (Å²) in [6.07, 6.45) is 1.98. The molecule has 2 N–H and O–H groups in total. The SMILES string of the molecule is CN=C(NCCCc1nc(C)cs1)NCc1ccc(F)cc1. The molecule has 6 heteroatoms. The molecule has 0 saturated heterocycles. The molecular formula is C16H21FN4S. The van der Waals surface area contributed by atoms with Gasteiger partial charge < -0.3 is 10.6 Å². The molecule has 0 unspecified atom stereocenters. The third-order valence-electron chi connectivity index (χ3n) is 3.12. The Balaban J connectivity index is 1.67. The van der Waals surface area contributed by atoms with Gasteiger partial charge >= 0.3 is 0 Å². The number of nitrogens with one attached hydrogen (secondary N) is 2. The lowest BCUT2D eigenvalue weighted by molar-refractivity contribution is 0.626. The molecule has 1 aromatic heterocycles. The van der Waals surface area contributed by atoms with E-state index in [4.69, 9.17) is 0 Å². The van der Waals surface area contributed by atoms with E-state index in [0.29, 0.717) is 6.54 Å². The van der Waals surface area contributed by atoms with Gasteiger partial charge in [-0.1, -0.05) is 12.1 Å². The number of thiazole rings is 1. The van der Waals surface area contributed by atoms with Crippen LogP contribution in [0.2, 0.25) is 0 Å². The summed E-state index contributed by atoms with van der Waals surface area (Å²) < 4.78 is 12.8. The van der Waals surface area contributed by atoms with Gasteiger partial charge in [-0.2, -0.15) is 0 Å². The largest absolute Gasteiger partial charge is 0.356 e. The normalized spacial score (nSPS) is 11.5. The number of nitrogens with zero attached hydrogens (tertiary/aromatic N) is 2. The van der Waals surface area contributed by atoms with E-state index < -0.39 is 0 Å². The zero-order chi connectivity index (χ0) is 15.8. The fourth-order valence-corrected chi connectivity index (χ4v) is 2.79. The number of hydrogen-bond donors (Lipinski definition) is 2. The van der Waals surface area contributed by atoms with E-state index in [1.54, 1.807) is 30.5 Å². The predicted octanol–water partition coefficient (Wildman–Crippen LogP) is 2.89. The summed E-state index contributed by atoms with van der Waals surface area (Å²) in [5.74, 6) is 0.531. The second kappa shape index (κ2) is 8.48. The molecule has 0 aliphatic rings. The number of rotatable bonds is 6. The highest BCUT2D eigenvalue weighted by molar-refractivity contribution is 7.09. The van der Waals surface area contributed by atoms with E-state index in [0.717, 1.165) is 36.6 Å². The molecule has 0 fully saturated rings. The Hall–Kier alpha value is -1.95. The first kappa shape index (κ1) is 16.4. The third-order valence-corrected chi connectivity index (χ3v) is 4.15. The number of aryl methyl sites for hydroxylation is 2. The maximum absolute atomic E-state index is 12.8. The quantitative estimate of drug-likeness (QED) is 0.489. The van der Waals surface area contributed by atoms with Gasteiger partial charge in [0.15, 0.2) is 5.96 Å². The first-order valence-electron chi connectivity index (χ1n) is 7.27. The summed E-state index contributed by atoms with van der Waals surface area (Å²) in [5, 5.41) is 9.73. The molecule has 118 valence electrons. The number of benzene rings is 1. The van der Waals surface area contributed by atoms with Crippen LogP contribution in [0.15, 0.2) is 34.6 Å². The lowest BCUT2D eigenvalue weighted by Gasteiger charge is -2.11. The number of aliphatic imine (C=N–C) groups is 1. The Morgan fingerprint density at radius 1 is 1.27 bits per heavy atom. The van der Waals surface area contributed by atoms with Crippen LogP contribution in [0.3, 0.4) is 0 Å². The fraction of sp³-hybridized carbons (Fsp3) is 0.375. The van der Waals surface area contributed by atoms with Crippen LogP contribution in [0.4, 0.5) is 4.39 Å². The lowest BCUT2D eigenvalue weighted by Crippen LogP contribution is -2.37. The molecule has 0 aliphatic heterocycles. The number of halogens is 1. The summed E-state index contributed by atoms with van der Waals surface area (Å²) in [4.78, 5) is 8.62. The topological polar surface area (TPSA) is 49.3 Å². The van der Waals surface area contributed by atoms with Gasteiger partial charge in [0.05, 0.1) is 5.01 Å². The molecule has 0 amide bonds. The second-order valence-electron chi connectivity index (χ2n) is 4.97. The van der Waals surface area contributed by atoms with Gasteiger partial charge in [0.2, 0.25) is 0 Å². The molecule has 0 radical (unpaired) electrons. The molecule has 0 spiro atoms. The van der Waals surface area contributed by atoms with Crippen molar-refractivity contribution >= 4 is 17.3 Å².